The van der Waals surface area contributed by atoms with Crippen molar-refractivity contribution in [2.24, 2.45) is 5.73 Å². The van der Waals surface area contributed by atoms with Crippen molar-refractivity contribution in [1.82, 2.24) is 0 Å². The van der Waals surface area contributed by atoms with Crippen molar-refractivity contribution in [2.75, 3.05) is 0 Å². The molecule has 2 aromatic carbocycles. The molecule has 5 heteroatoms. The van der Waals surface area contributed by atoms with Crippen molar-refractivity contribution in [3.05, 3.63) is 48.0 Å². The molecule has 0 spiro atoms. The van der Waals surface area contributed by atoms with E-state index in [1.54, 1.807) is 30.3 Å². The summed E-state index contributed by atoms with van der Waals surface area (Å²) in [6.45, 7) is 0. The second-order valence-corrected chi connectivity index (χ2v) is 3.98. The minimum atomic E-state index is -4.67. The standard InChI is InChI=1S/C13H10F3NO/c14-13(15,16)11(12(17)18)10-6-5-8-3-1-2-4-9(8)7-10/h1-7,11H,(H2,17,18). The van der Waals surface area contributed by atoms with E-state index in [2.05, 4.69) is 0 Å². The third kappa shape index (κ3) is 2.30. The van der Waals surface area contributed by atoms with Crippen LogP contribution in [0.5, 0.6) is 0 Å². The molecule has 0 saturated heterocycles. The molecule has 94 valence electrons. The Balaban J connectivity index is 2.55. The van der Waals surface area contributed by atoms with Gasteiger partial charge in [-0.15, -0.1) is 0 Å². The normalized spacial score (nSPS) is 13.5. The summed E-state index contributed by atoms with van der Waals surface area (Å²) in [7, 11) is 0. The number of amides is 1. The van der Waals surface area contributed by atoms with Gasteiger partial charge in [-0.05, 0) is 16.3 Å². The van der Waals surface area contributed by atoms with Crippen LogP contribution in [0.1, 0.15) is 11.5 Å². The van der Waals surface area contributed by atoms with Crippen LogP contribution in [0.15, 0.2) is 42.5 Å². The van der Waals surface area contributed by atoms with Crippen LogP contribution in [0.2, 0.25) is 0 Å². The number of benzene rings is 2. The van der Waals surface area contributed by atoms with E-state index in [9.17, 15) is 18.0 Å². The first-order valence-electron chi connectivity index (χ1n) is 5.24. The number of nitrogens with two attached hydrogens (primary N) is 1. The highest BCUT2D eigenvalue weighted by Gasteiger charge is 2.44. The summed E-state index contributed by atoms with van der Waals surface area (Å²) >= 11 is 0. The first kappa shape index (κ1) is 12.4. The molecule has 0 heterocycles. The van der Waals surface area contributed by atoms with Crippen LogP contribution in [-0.4, -0.2) is 12.1 Å². The summed E-state index contributed by atoms with van der Waals surface area (Å²) in [5, 5.41) is 1.46. The molecule has 18 heavy (non-hydrogen) atoms. The fourth-order valence-corrected chi connectivity index (χ4v) is 1.90. The lowest BCUT2D eigenvalue weighted by Gasteiger charge is -2.17. The first-order chi connectivity index (χ1) is 8.39. The fourth-order valence-electron chi connectivity index (χ4n) is 1.90. The molecule has 1 amide bonds. The third-order valence-corrected chi connectivity index (χ3v) is 2.72. The van der Waals surface area contributed by atoms with Crippen LogP contribution in [0.3, 0.4) is 0 Å². The predicted octanol–water partition coefficient (Wildman–Crippen LogP) is 2.97. The minimum Gasteiger partial charge on any atom is -0.369 e. The number of hydrogen-bond donors (Lipinski definition) is 1. The van der Waals surface area contributed by atoms with Gasteiger partial charge in [0.1, 0.15) is 0 Å². The van der Waals surface area contributed by atoms with Crippen molar-refractivity contribution in [3.8, 4) is 0 Å². The van der Waals surface area contributed by atoms with Gasteiger partial charge in [0.25, 0.3) is 0 Å². The molecule has 2 rings (SSSR count). The number of rotatable bonds is 2. The second kappa shape index (κ2) is 4.33. The van der Waals surface area contributed by atoms with Gasteiger partial charge in [-0.3, -0.25) is 4.79 Å². The highest BCUT2D eigenvalue weighted by molar-refractivity contribution is 5.87. The van der Waals surface area contributed by atoms with Gasteiger partial charge in [0.05, 0.1) is 0 Å². The third-order valence-electron chi connectivity index (χ3n) is 2.72. The van der Waals surface area contributed by atoms with E-state index in [0.717, 1.165) is 5.39 Å². The van der Waals surface area contributed by atoms with E-state index in [-0.39, 0.29) is 5.56 Å². The average molecular weight is 253 g/mol. The van der Waals surface area contributed by atoms with Crippen LogP contribution in [0, 0.1) is 0 Å². The fraction of sp³-hybridized carbons (Fsp3) is 0.154. The zero-order valence-electron chi connectivity index (χ0n) is 9.24. The number of halogens is 3. The lowest BCUT2D eigenvalue weighted by atomic mass is 9.95. The summed E-state index contributed by atoms with van der Waals surface area (Å²) in [5.74, 6) is -3.65. The lowest BCUT2D eigenvalue weighted by Crippen LogP contribution is -2.33. The van der Waals surface area contributed by atoms with Crippen LogP contribution >= 0.6 is 0 Å². The van der Waals surface area contributed by atoms with Crippen molar-refractivity contribution in [2.45, 2.75) is 12.1 Å². The summed E-state index contributed by atoms with van der Waals surface area (Å²) in [4.78, 5) is 11.0. The maximum atomic E-state index is 12.8. The summed E-state index contributed by atoms with van der Waals surface area (Å²) in [6, 6.07) is 11.2. The Morgan fingerprint density at radius 3 is 2.22 bits per heavy atom. The molecular formula is C13H10F3NO. The quantitative estimate of drug-likeness (QED) is 0.878. The maximum absolute atomic E-state index is 12.8. The summed E-state index contributed by atoms with van der Waals surface area (Å²) in [5.41, 5.74) is 4.71. The molecule has 0 bridgehead atoms. The zero-order chi connectivity index (χ0) is 13.3. The molecule has 0 aromatic heterocycles. The number of alkyl halides is 3. The van der Waals surface area contributed by atoms with E-state index < -0.39 is 18.0 Å². The van der Waals surface area contributed by atoms with Gasteiger partial charge in [-0.25, -0.2) is 0 Å². The van der Waals surface area contributed by atoms with Gasteiger partial charge in [-0.1, -0.05) is 42.5 Å². The second-order valence-electron chi connectivity index (χ2n) is 3.98. The van der Waals surface area contributed by atoms with Crippen LogP contribution in [0.25, 0.3) is 10.8 Å². The van der Waals surface area contributed by atoms with Gasteiger partial charge >= 0.3 is 6.18 Å². The number of carbonyl (C=O) groups is 1. The van der Waals surface area contributed by atoms with Gasteiger partial charge in [0.2, 0.25) is 5.91 Å². The zero-order valence-corrected chi connectivity index (χ0v) is 9.24. The van der Waals surface area contributed by atoms with Crippen molar-refractivity contribution >= 4 is 16.7 Å². The van der Waals surface area contributed by atoms with E-state index in [1.165, 1.54) is 12.1 Å². The lowest BCUT2D eigenvalue weighted by molar-refractivity contribution is -0.162. The van der Waals surface area contributed by atoms with E-state index >= 15 is 0 Å². The molecule has 0 fully saturated rings. The Morgan fingerprint density at radius 2 is 1.67 bits per heavy atom. The molecular weight excluding hydrogens is 243 g/mol. The maximum Gasteiger partial charge on any atom is 0.404 e. The van der Waals surface area contributed by atoms with Gasteiger partial charge in [0.15, 0.2) is 5.92 Å². The minimum absolute atomic E-state index is 0.131. The largest absolute Gasteiger partial charge is 0.404 e. The van der Waals surface area contributed by atoms with E-state index in [0.29, 0.717) is 5.39 Å². The number of hydrogen-bond acceptors (Lipinski definition) is 1. The Hall–Kier alpha value is -2.04. The Kier molecular flexibility index (Phi) is 2.98. The number of carbonyl (C=O) groups excluding carboxylic acids is 1. The molecule has 0 aliphatic rings. The number of primary amides is 1. The average Bonchev–Trinajstić information content (AvgIpc) is 2.26. The molecule has 0 radical (unpaired) electrons. The Labute approximate surface area is 101 Å². The first-order valence-corrected chi connectivity index (χ1v) is 5.24. The van der Waals surface area contributed by atoms with Crippen LogP contribution < -0.4 is 5.73 Å². The SMILES string of the molecule is NC(=O)C(c1ccc2ccccc2c1)C(F)(F)F. The molecule has 0 saturated carbocycles. The molecule has 0 aliphatic heterocycles. The van der Waals surface area contributed by atoms with Crippen molar-refractivity contribution < 1.29 is 18.0 Å². The van der Waals surface area contributed by atoms with E-state index in [1.807, 2.05) is 0 Å². The molecule has 2 N–H and O–H groups in total. The smallest absolute Gasteiger partial charge is 0.369 e. The predicted molar refractivity (Wildman–Crippen MR) is 61.9 cm³/mol. The van der Waals surface area contributed by atoms with Gasteiger partial charge in [0, 0.05) is 0 Å². The molecule has 0 aliphatic carbocycles. The highest BCUT2D eigenvalue weighted by atomic mass is 19.4. The van der Waals surface area contributed by atoms with E-state index in [4.69, 9.17) is 5.73 Å². The Morgan fingerprint density at radius 1 is 1.06 bits per heavy atom. The number of fused-ring (bicyclic) bond motifs is 1. The summed E-state index contributed by atoms with van der Waals surface area (Å²) < 4.78 is 38.3. The molecule has 2 aromatic rings. The molecule has 2 nitrogen and oxygen atoms in total. The highest BCUT2D eigenvalue weighted by Crippen LogP contribution is 2.35. The van der Waals surface area contributed by atoms with Gasteiger partial charge in [-0.2, -0.15) is 13.2 Å². The monoisotopic (exact) mass is 253 g/mol. The topological polar surface area (TPSA) is 43.1 Å². The Bertz CT molecular complexity index is 592. The van der Waals surface area contributed by atoms with Crippen LogP contribution in [-0.2, 0) is 4.79 Å². The van der Waals surface area contributed by atoms with Crippen molar-refractivity contribution in [1.29, 1.82) is 0 Å². The molecule has 1 unspecified atom stereocenters. The summed E-state index contributed by atoms with van der Waals surface area (Å²) in [6.07, 6.45) is -4.67. The van der Waals surface area contributed by atoms with Crippen molar-refractivity contribution in [3.63, 3.8) is 0 Å². The molecule has 1 atom stereocenters. The van der Waals surface area contributed by atoms with Crippen LogP contribution in [0.4, 0.5) is 13.2 Å². The van der Waals surface area contributed by atoms with Gasteiger partial charge < -0.3 is 5.73 Å².